The van der Waals surface area contributed by atoms with Gasteiger partial charge < -0.3 is 18.9 Å². The Kier molecular flexibility index (Phi) is 8.39. The Balaban J connectivity index is 3.03. The zero-order chi connectivity index (χ0) is 17.2. The van der Waals surface area contributed by atoms with Crippen LogP contribution in [-0.4, -0.2) is 40.8 Å². The standard InChI is InChI=1S/C16H25NO6/c1-11(12(2)16(18)17-21-5)14-8-13(22-9-19-3)6-7-15(14)23-10-20-4/h6-8,11-12H,9-10H2,1-5H3,(H,17,18)/t11-,12+/m1/s1. The van der Waals surface area contributed by atoms with Crippen LogP contribution in [0.25, 0.3) is 0 Å². The third kappa shape index (κ3) is 5.70. The molecule has 0 aromatic heterocycles. The highest BCUT2D eigenvalue weighted by Gasteiger charge is 2.25. The fourth-order valence-corrected chi connectivity index (χ4v) is 2.04. The van der Waals surface area contributed by atoms with Crippen LogP contribution < -0.4 is 15.0 Å². The molecule has 7 nitrogen and oxygen atoms in total. The summed E-state index contributed by atoms with van der Waals surface area (Å²) >= 11 is 0. The minimum Gasteiger partial charge on any atom is -0.468 e. The number of nitrogens with one attached hydrogen (secondary N) is 1. The number of rotatable bonds is 10. The molecule has 1 rings (SSSR count). The van der Waals surface area contributed by atoms with Crippen LogP contribution in [0.15, 0.2) is 18.2 Å². The van der Waals surface area contributed by atoms with Gasteiger partial charge in [-0.3, -0.25) is 9.63 Å². The van der Waals surface area contributed by atoms with Gasteiger partial charge in [0.1, 0.15) is 11.5 Å². The van der Waals surface area contributed by atoms with Crippen molar-refractivity contribution in [1.29, 1.82) is 0 Å². The van der Waals surface area contributed by atoms with Gasteiger partial charge in [0.15, 0.2) is 13.6 Å². The van der Waals surface area contributed by atoms with E-state index in [2.05, 4.69) is 5.48 Å². The number of carbonyl (C=O) groups excluding carboxylic acids is 1. The van der Waals surface area contributed by atoms with Gasteiger partial charge in [-0.25, -0.2) is 5.48 Å². The summed E-state index contributed by atoms with van der Waals surface area (Å²) in [4.78, 5) is 16.7. The molecule has 0 fully saturated rings. The summed E-state index contributed by atoms with van der Waals surface area (Å²) in [5, 5.41) is 0. The summed E-state index contributed by atoms with van der Waals surface area (Å²) in [7, 11) is 4.51. The Morgan fingerprint density at radius 1 is 1.09 bits per heavy atom. The lowest BCUT2D eigenvalue weighted by Crippen LogP contribution is -2.31. The molecular formula is C16H25NO6. The molecule has 0 radical (unpaired) electrons. The van der Waals surface area contributed by atoms with Crippen LogP contribution in [0.4, 0.5) is 0 Å². The number of carbonyl (C=O) groups is 1. The van der Waals surface area contributed by atoms with Crippen LogP contribution in [0.5, 0.6) is 11.5 Å². The van der Waals surface area contributed by atoms with Crippen molar-refractivity contribution in [3.05, 3.63) is 23.8 Å². The molecule has 0 bridgehead atoms. The average molecular weight is 327 g/mol. The Hall–Kier alpha value is -1.83. The molecule has 1 amide bonds. The first-order valence-corrected chi connectivity index (χ1v) is 7.25. The molecule has 0 aliphatic rings. The Labute approximate surface area is 136 Å². The average Bonchev–Trinajstić information content (AvgIpc) is 2.57. The molecule has 0 aliphatic heterocycles. The number of hydroxylamine groups is 1. The predicted molar refractivity (Wildman–Crippen MR) is 84.2 cm³/mol. The lowest BCUT2D eigenvalue weighted by atomic mass is 9.87. The molecule has 0 aliphatic carbocycles. The number of hydrogen-bond acceptors (Lipinski definition) is 6. The highest BCUT2D eigenvalue weighted by molar-refractivity contribution is 5.78. The summed E-state index contributed by atoms with van der Waals surface area (Å²) < 4.78 is 20.9. The maximum absolute atomic E-state index is 12.0. The van der Waals surface area contributed by atoms with Gasteiger partial charge in [-0.15, -0.1) is 0 Å². The zero-order valence-corrected chi connectivity index (χ0v) is 14.3. The van der Waals surface area contributed by atoms with Crippen molar-refractivity contribution in [2.75, 3.05) is 34.9 Å². The largest absolute Gasteiger partial charge is 0.468 e. The number of ether oxygens (including phenoxy) is 4. The van der Waals surface area contributed by atoms with Crippen LogP contribution in [0, 0.1) is 5.92 Å². The number of hydrogen-bond donors (Lipinski definition) is 1. The van der Waals surface area contributed by atoms with Crippen LogP contribution in [-0.2, 0) is 19.1 Å². The van der Waals surface area contributed by atoms with E-state index in [9.17, 15) is 4.79 Å². The van der Waals surface area contributed by atoms with Gasteiger partial charge in [-0.2, -0.15) is 0 Å². The van der Waals surface area contributed by atoms with Gasteiger partial charge in [0.2, 0.25) is 5.91 Å². The smallest absolute Gasteiger partial charge is 0.246 e. The van der Waals surface area contributed by atoms with Gasteiger partial charge in [0.05, 0.1) is 7.11 Å². The number of methoxy groups -OCH3 is 2. The second kappa shape index (κ2) is 10.0. The minimum atomic E-state index is -0.322. The van der Waals surface area contributed by atoms with E-state index in [1.165, 1.54) is 7.11 Å². The van der Waals surface area contributed by atoms with E-state index in [-0.39, 0.29) is 31.3 Å². The van der Waals surface area contributed by atoms with Crippen LogP contribution in [0.1, 0.15) is 25.3 Å². The first-order valence-electron chi connectivity index (χ1n) is 7.25. The van der Waals surface area contributed by atoms with Crippen molar-refractivity contribution in [2.24, 2.45) is 5.92 Å². The molecule has 1 aromatic rings. The molecule has 2 atom stereocenters. The molecule has 0 spiro atoms. The molecule has 7 heteroatoms. The fraction of sp³-hybridized carbons (Fsp3) is 0.562. The van der Waals surface area contributed by atoms with Crippen LogP contribution >= 0.6 is 0 Å². The maximum Gasteiger partial charge on any atom is 0.246 e. The summed E-state index contributed by atoms with van der Waals surface area (Å²) in [6.07, 6.45) is 0. The van der Waals surface area contributed by atoms with Crippen molar-refractivity contribution in [3.63, 3.8) is 0 Å². The van der Waals surface area contributed by atoms with Crippen LogP contribution in [0.3, 0.4) is 0 Å². The molecule has 0 unspecified atom stereocenters. The minimum absolute atomic E-state index is 0.122. The first kappa shape index (κ1) is 19.2. The quantitative estimate of drug-likeness (QED) is 0.524. The van der Waals surface area contributed by atoms with E-state index < -0.39 is 0 Å². The van der Waals surface area contributed by atoms with E-state index >= 15 is 0 Å². The zero-order valence-electron chi connectivity index (χ0n) is 14.3. The normalized spacial score (nSPS) is 13.3. The predicted octanol–water partition coefficient (Wildman–Crippen LogP) is 2.07. The fourth-order valence-electron chi connectivity index (χ4n) is 2.04. The van der Waals surface area contributed by atoms with E-state index in [4.69, 9.17) is 23.8 Å². The lowest BCUT2D eigenvalue weighted by Gasteiger charge is -2.22. The molecule has 23 heavy (non-hydrogen) atoms. The number of benzene rings is 1. The van der Waals surface area contributed by atoms with E-state index in [1.807, 2.05) is 19.9 Å². The summed E-state index contributed by atoms with van der Waals surface area (Å²) in [5.74, 6) is 0.625. The van der Waals surface area contributed by atoms with Gasteiger partial charge in [0.25, 0.3) is 0 Å². The Bertz CT molecular complexity index is 493. The van der Waals surface area contributed by atoms with E-state index in [1.54, 1.807) is 26.4 Å². The topological polar surface area (TPSA) is 75.2 Å². The highest BCUT2D eigenvalue weighted by atomic mass is 16.7. The van der Waals surface area contributed by atoms with Crippen molar-refractivity contribution in [1.82, 2.24) is 5.48 Å². The second-order valence-corrected chi connectivity index (χ2v) is 5.05. The summed E-state index contributed by atoms with van der Waals surface area (Å²) in [6, 6.07) is 5.40. The Morgan fingerprint density at radius 3 is 2.35 bits per heavy atom. The van der Waals surface area contributed by atoms with E-state index in [0.717, 1.165) is 5.56 Å². The number of amides is 1. The van der Waals surface area contributed by atoms with Crippen molar-refractivity contribution >= 4 is 5.91 Å². The third-order valence-corrected chi connectivity index (χ3v) is 3.51. The van der Waals surface area contributed by atoms with Gasteiger partial charge in [-0.05, 0) is 24.1 Å². The van der Waals surface area contributed by atoms with Gasteiger partial charge >= 0.3 is 0 Å². The highest BCUT2D eigenvalue weighted by Crippen LogP contribution is 2.35. The maximum atomic E-state index is 12.0. The molecule has 0 saturated carbocycles. The molecule has 0 saturated heterocycles. The van der Waals surface area contributed by atoms with Crippen molar-refractivity contribution in [2.45, 2.75) is 19.8 Å². The summed E-state index contributed by atoms with van der Waals surface area (Å²) in [6.45, 7) is 4.03. The third-order valence-electron chi connectivity index (χ3n) is 3.51. The summed E-state index contributed by atoms with van der Waals surface area (Å²) in [5.41, 5.74) is 3.19. The molecule has 1 aromatic carbocycles. The molecular weight excluding hydrogens is 302 g/mol. The van der Waals surface area contributed by atoms with Crippen molar-refractivity contribution < 1.29 is 28.6 Å². The molecule has 1 N–H and O–H groups in total. The Morgan fingerprint density at radius 2 is 1.74 bits per heavy atom. The van der Waals surface area contributed by atoms with Crippen molar-refractivity contribution in [3.8, 4) is 11.5 Å². The van der Waals surface area contributed by atoms with Gasteiger partial charge in [0, 0.05) is 25.7 Å². The van der Waals surface area contributed by atoms with Crippen LogP contribution in [0.2, 0.25) is 0 Å². The molecule has 0 heterocycles. The first-order chi connectivity index (χ1) is 11.0. The second-order valence-electron chi connectivity index (χ2n) is 5.05. The lowest BCUT2D eigenvalue weighted by molar-refractivity contribution is -0.135. The molecule has 130 valence electrons. The monoisotopic (exact) mass is 327 g/mol. The van der Waals surface area contributed by atoms with E-state index in [0.29, 0.717) is 11.5 Å². The SMILES string of the molecule is COCOc1ccc(OCOC)c([C@H](C)[C@H](C)C(=O)NOC)c1. The van der Waals surface area contributed by atoms with Gasteiger partial charge in [-0.1, -0.05) is 13.8 Å².